The standard InChI is InChI=1S/C14H24O3/c1-4-5-6-7-8-9-13(14(16)17-3)11-10-12(2)15/h9H,4-8,10-11H2,1-3H3/b13-9-. The van der Waals surface area contributed by atoms with E-state index < -0.39 is 0 Å². The average molecular weight is 240 g/mol. The Balaban J connectivity index is 4.11. The molecule has 0 unspecified atom stereocenters. The number of rotatable bonds is 9. The lowest BCUT2D eigenvalue weighted by atomic mass is 10.1. The van der Waals surface area contributed by atoms with Crippen LogP contribution in [0.25, 0.3) is 0 Å². The van der Waals surface area contributed by atoms with Crippen molar-refractivity contribution in [3.63, 3.8) is 0 Å². The van der Waals surface area contributed by atoms with E-state index in [1.807, 2.05) is 6.08 Å². The molecule has 0 aliphatic rings. The molecular formula is C14H24O3. The molecule has 0 aromatic heterocycles. The van der Waals surface area contributed by atoms with Crippen molar-refractivity contribution in [3.05, 3.63) is 11.6 Å². The highest BCUT2D eigenvalue weighted by atomic mass is 16.5. The molecule has 0 bridgehead atoms. The first kappa shape index (κ1) is 15.9. The molecule has 0 radical (unpaired) electrons. The minimum atomic E-state index is -0.304. The van der Waals surface area contributed by atoms with Crippen LogP contribution >= 0.6 is 0 Å². The second-order valence-corrected chi connectivity index (χ2v) is 4.27. The van der Waals surface area contributed by atoms with E-state index in [0.29, 0.717) is 18.4 Å². The number of esters is 1. The Bertz CT molecular complexity index is 267. The third kappa shape index (κ3) is 8.66. The number of ether oxygens (including phenoxy) is 1. The lowest BCUT2D eigenvalue weighted by Gasteiger charge is -2.04. The van der Waals surface area contributed by atoms with Gasteiger partial charge in [-0.3, -0.25) is 0 Å². The Labute approximate surface area is 104 Å². The van der Waals surface area contributed by atoms with Gasteiger partial charge in [0.2, 0.25) is 0 Å². The third-order valence-corrected chi connectivity index (χ3v) is 2.64. The van der Waals surface area contributed by atoms with Crippen LogP contribution in [0.4, 0.5) is 0 Å². The fraction of sp³-hybridized carbons (Fsp3) is 0.714. The van der Waals surface area contributed by atoms with Crippen LogP contribution in [0.3, 0.4) is 0 Å². The summed E-state index contributed by atoms with van der Waals surface area (Å²) in [7, 11) is 1.38. The van der Waals surface area contributed by atoms with Gasteiger partial charge < -0.3 is 9.53 Å². The van der Waals surface area contributed by atoms with E-state index in [4.69, 9.17) is 4.74 Å². The number of ketones is 1. The molecule has 0 heterocycles. The van der Waals surface area contributed by atoms with Gasteiger partial charge in [0.15, 0.2) is 0 Å². The van der Waals surface area contributed by atoms with Gasteiger partial charge in [0, 0.05) is 12.0 Å². The van der Waals surface area contributed by atoms with E-state index in [1.165, 1.54) is 33.3 Å². The second-order valence-electron chi connectivity index (χ2n) is 4.27. The maximum atomic E-state index is 11.4. The predicted octanol–water partition coefficient (Wildman–Crippen LogP) is 3.43. The molecule has 0 aliphatic heterocycles. The Morgan fingerprint density at radius 1 is 1.12 bits per heavy atom. The first-order valence-corrected chi connectivity index (χ1v) is 6.38. The summed E-state index contributed by atoms with van der Waals surface area (Å²) in [6, 6.07) is 0. The van der Waals surface area contributed by atoms with Crippen LogP contribution in [0.1, 0.15) is 58.8 Å². The molecule has 0 atom stereocenters. The topological polar surface area (TPSA) is 43.4 Å². The highest BCUT2D eigenvalue weighted by Gasteiger charge is 2.09. The summed E-state index contributed by atoms with van der Waals surface area (Å²) in [5, 5.41) is 0. The fourth-order valence-electron chi connectivity index (χ4n) is 1.58. The van der Waals surface area contributed by atoms with E-state index in [0.717, 1.165) is 12.8 Å². The van der Waals surface area contributed by atoms with Gasteiger partial charge in [0.25, 0.3) is 0 Å². The van der Waals surface area contributed by atoms with Crippen molar-refractivity contribution in [1.82, 2.24) is 0 Å². The molecule has 17 heavy (non-hydrogen) atoms. The quantitative estimate of drug-likeness (QED) is 0.352. The number of unbranched alkanes of at least 4 members (excludes halogenated alkanes) is 4. The third-order valence-electron chi connectivity index (χ3n) is 2.64. The van der Waals surface area contributed by atoms with Gasteiger partial charge >= 0.3 is 5.97 Å². The summed E-state index contributed by atoms with van der Waals surface area (Å²) in [5.41, 5.74) is 0.638. The van der Waals surface area contributed by atoms with Gasteiger partial charge in [-0.15, -0.1) is 0 Å². The molecule has 0 N–H and O–H groups in total. The maximum absolute atomic E-state index is 11.4. The van der Waals surface area contributed by atoms with E-state index in [-0.39, 0.29) is 11.8 Å². The predicted molar refractivity (Wildman–Crippen MR) is 68.8 cm³/mol. The van der Waals surface area contributed by atoms with Crippen LogP contribution in [0.5, 0.6) is 0 Å². The molecule has 98 valence electrons. The summed E-state index contributed by atoms with van der Waals surface area (Å²) < 4.78 is 4.70. The molecule has 0 saturated carbocycles. The minimum Gasteiger partial charge on any atom is -0.466 e. The largest absolute Gasteiger partial charge is 0.466 e. The molecule has 0 fully saturated rings. The van der Waals surface area contributed by atoms with Crippen LogP contribution in [0, 0.1) is 0 Å². The number of Topliss-reactive ketones (excluding diaryl/α,β-unsaturated/α-hetero) is 1. The Hall–Kier alpha value is -1.12. The van der Waals surface area contributed by atoms with E-state index in [1.54, 1.807) is 0 Å². The molecule has 0 aromatic rings. The monoisotopic (exact) mass is 240 g/mol. The Morgan fingerprint density at radius 3 is 2.35 bits per heavy atom. The highest BCUT2D eigenvalue weighted by molar-refractivity contribution is 5.89. The van der Waals surface area contributed by atoms with Crippen LogP contribution < -0.4 is 0 Å². The zero-order valence-corrected chi connectivity index (χ0v) is 11.3. The molecule has 0 aliphatic carbocycles. The van der Waals surface area contributed by atoms with Crippen molar-refractivity contribution in [1.29, 1.82) is 0 Å². The van der Waals surface area contributed by atoms with Crippen LogP contribution in [0.2, 0.25) is 0 Å². The first-order valence-electron chi connectivity index (χ1n) is 6.38. The average Bonchev–Trinajstić information content (AvgIpc) is 2.31. The summed E-state index contributed by atoms with van der Waals surface area (Å²) in [6.45, 7) is 3.71. The van der Waals surface area contributed by atoms with Crippen molar-refractivity contribution in [2.75, 3.05) is 7.11 Å². The normalized spacial score (nSPS) is 11.4. The lowest BCUT2D eigenvalue weighted by Crippen LogP contribution is -2.06. The van der Waals surface area contributed by atoms with Crippen LogP contribution in [-0.2, 0) is 14.3 Å². The zero-order valence-electron chi connectivity index (χ0n) is 11.3. The first-order chi connectivity index (χ1) is 8.11. The van der Waals surface area contributed by atoms with Gasteiger partial charge in [-0.2, -0.15) is 0 Å². The fourth-order valence-corrected chi connectivity index (χ4v) is 1.58. The van der Waals surface area contributed by atoms with Crippen molar-refractivity contribution >= 4 is 11.8 Å². The number of hydrogen-bond acceptors (Lipinski definition) is 3. The van der Waals surface area contributed by atoms with Crippen molar-refractivity contribution in [2.45, 2.75) is 58.8 Å². The SMILES string of the molecule is CCCCCC/C=C(/CCC(C)=O)C(=O)OC. The second kappa shape index (κ2) is 10.1. The van der Waals surface area contributed by atoms with E-state index in [9.17, 15) is 9.59 Å². The maximum Gasteiger partial charge on any atom is 0.333 e. The lowest BCUT2D eigenvalue weighted by molar-refractivity contribution is -0.136. The highest BCUT2D eigenvalue weighted by Crippen LogP contribution is 2.11. The zero-order chi connectivity index (χ0) is 13.1. The minimum absolute atomic E-state index is 0.103. The molecule has 0 rings (SSSR count). The summed E-state index contributed by atoms with van der Waals surface area (Å²) in [5.74, 6) is -0.201. The van der Waals surface area contributed by atoms with E-state index >= 15 is 0 Å². The smallest absolute Gasteiger partial charge is 0.333 e. The number of carbonyl (C=O) groups is 2. The number of methoxy groups -OCH3 is 1. The van der Waals surface area contributed by atoms with Crippen molar-refractivity contribution < 1.29 is 14.3 Å². The van der Waals surface area contributed by atoms with Crippen molar-refractivity contribution in [3.8, 4) is 0 Å². The Kier molecular flexibility index (Phi) is 9.40. The van der Waals surface area contributed by atoms with Crippen LogP contribution in [0.15, 0.2) is 11.6 Å². The Morgan fingerprint density at radius 2 is 1.82 bits per heavy atom. The van der Waals surface area contributed by atoms with Gasteiger partial charge in [-0.25, -0.2) is 4.79 Å². The van der Waals surface area contributed by atoms with Crippen molar-refractivity contribution in [2.24, 2.45) is 0 Å². The van der Waals surface area contributed by atoms with Gasteiger partial charge in [-0.05, 0) is 26.2 Å². The summed E-state index contributed by atoms with van der Waals surface area (Å²) in [6.07, 6.45) is 8.44. The summed E-state index contributed by atoms with van der Waals surface area (Å²) >= 11 is 0. The summed E-state index contributed by atoms with van der Waals surface area (Å²) in [4.78, 5) is 22.3. The number of hydrogen-bond donors (Lipinski definition) is 0. The van der Waals surface area contributed by atoms with Gasteiger partial charge in [0.05, 0.1) is 7.11 Å². The van der Waals surface area contributed by atoms with E-state index in [2.05, 4.69) is 6.92 Å². The molecule has 0 amide bonds. The number of allylic oxidation sites excluding steroid dienone is 1. The molecular weight excluding hydrogens is 216 g/mol. The van der Waals surface area contributed by atoms with Gasteiger partial charge in [0.1, 0.15) is 5.78 Å². The molecule has 3 heteroatoms. The molecule has 0 saturated heterocycles. The van der Waals surface area contributed by atoms with Crippen LogP contribution in [-0.4, -0.2) is 18.9 Å². The molecule has 3 nitrogen and oxygen atoms in total. The van der Waals surface area contributed by atoms with Gasteiger partial charge in [-0.1, -0.05) is 32.3 Å². The molecule has 0 aromatic carbocycles. The number of carbonyl (C=O) groups excluding carboxylic acids is 2. The molecule has 0 spiro atoms.